The zero-order valence-corrected chi connectivity index (χ0v) is 25.5. The molecule has 1 aliphatic rings. The van der Waals surface area contributed by atoms with Crippen molar-refractivity contribution >= 4 is 34.9 Å². The minimum Gasteiger partial charge on any atom is -0.336 e. The van der Waals surface area contributed by atoms with Crippen LogP contribution in [-0.2, 0) is 12.6 Å². The Kier molecular flexibility index (Phi) is 8.91. The summed E-state index contributed by atoms with van der Waals surface area (Å²) in [6.45, 7) is 8.14. The summed E-state index contributed by atoms with van der Waals surface area (Å²) in [5.74, 6) is -0.205. The molecule has 0 aliphatic carbocycles. The largest absolute Gasteiger partial charge is 0.416 e. The Labute approximate surface area is 256 Å². The van der Waals surface area contributed by atoms with E-state index in [1.807, 2.05) is 32.9 Å². The maximum absolute atomic E-state index is 14.4. The molecule has 43 heavy (non-hydrogen) atoms. The quantitative estimate of drug-likeness (QED) is 0.243. The summed E-state index contributed by atoms with van der Waals surface area (Å²) < 4.78 is 40.8. The van der Waals surface area contributed by atoms with Crippen LogP contribution in [0.4, 0.5) is 13.2 Å². The van der Waals surface area contributed by atoms with E-state index in [4.69, 9.17) is 11.6 Å². The van der Waals surface area contributed by atoms with Crippen molar-refractivity contribution in [2.75, 3.05) is 26.2 Å². The zero-order valence-electron chi connectivity index (χ0n) is 23.9. The van der Waals surface area contributed by atoms with Crippen molar-refractivity contribution in [1.29, 1.82) is 0 Å². The Morgan fingerprint density at radius 2 is 1.79 bits per heavy atom. The highest BCUT2D eigenvalue weighted by Gasteiger charge is 2.30. The number of alkyl halides is 3. The van der Waals surface area contributed by atoms with E-state index in [9.17, 15) is 22.8 Å². The minimum atomic E-state index is -4.45. The molecule has 1 fully saturated rings. The van der Waals surface area contributed by atoms with E-state index in [-0.39, 0.29) is 17.0 Å². The fourth-order valence-corrected chi connectivity index (χ4v) is 6.05. The SMILES string of the molecule is CCc1ccc(Cl)cc1-n1c(C=C(C)C)c(C(=O)N2CCNCC2)cc(-c2nc(-c3ccc(C(F)(F)F)cc3)cs2)c1=O. The molecule has 0 bridgehead atoms. The van der Waals surface area contributed by atoms with Gasteiger partial charge in [-0.05, 0) is 62.2 Å². The molecule has 0 atom stereocenters. The van der Waals surface area contributed by atoms with Crippen molar-refractivity contribution in [3.05, 3.63) is 97.2 Å². The highest BCUT2D eigenvalue weighted by atomic mass is 35.5. The van der Waals surface area contributed by atoms with E-state index in [2.05, 4.69) is 10.3 Å². The number of pyridine rings is 1. The molecule has 2 aromatic carbocycles. The van der Waals surface area contributed by atoms with Gasteiger partial charge in [-0.3, -0.25) is 14.2 Å². The molecule has 0 unspecified atom stereocenters. The van der Waals surface area contributed by atoms with Gasteiger partial charge in [0.15, 0.2) is 0 Å². The van der Waals surface area contributed by atoms with Gasteiger partial charge >= 0.3 is 6.18 Å². The molecule has 1 saturated heterocycles. The molecule has 224 valence electrons. The molecule has 1 N–H and O–H groups in total. The van der Waals surface area contributed by atoms with Crippen LogP contribution in [0, 0.1) is 0 Å². The van der Waals surface area contributed by atoms with Gasteiger partial charge in [-0.25, -0.2) is 4.98 Å². The maximum Gasteiger partial charge on any atom is 0.416 e. The molecule has 6 nitrogen and oxygen atoms in total. The lowest BCUT2D eigenvalue weighted by molar-refractivity contribution is -0.137. The predicted octanol–water partition coefficient (Wildman–Crippen LogP) is 7.33. The molecule has 2 aromatic heterocycles. The van der Waals surface area contributed by atoms with Crippen molar-refractivity contribution < 1.29 is 18.0 Å². The number of hydrogen-bond acceptors (Lipinski definition) is 5. The average molecular weight is 627 g/mol. The molecule has 1 aliphatic heterocycles. The third kappa shape index (κ3) is 6.46. The molecule has 3 heterocycles. The van der Waals surface area contributed by atoms with Gasteiger partial charge in [0.05, 0.1) is 33.8 Å². The van der Waals surface area contributed by atoms with Crippen molar-refractivity contribution in [2.24, 2.45) is 0 Å². The fourth-order valence-electron chi connectivity index (χ4n) is 5.05. The van der Waals surface area contributed by atoms with Gasteiger partial charge in [-0.1, -0.05) is 42.3 Å². The van der Waals surface area contributed by atoms with Gasteiger partial charge in [0.2, 0.25) is 0 Å². The van der Waals surface area contributed by atoms with Crippen LogP contribution in [0.5, 0.6) is 0 Å². The first-order chi connectivity index (χ1) is 20.5. The van der Waals surface area contributed by atoms with Crippen LogP contribution in [0.25, 0.3) is 33.6 Å². The van der Waals surface area contributed by atoms with Gasteiger partial charge < -0.3 is 10.2 Å². The zero-order chi connectivity index (χ0) is 30.9. The maximum atomic E-state index is 14.4. The van der Waals surface area contributed by atoms with Crippen molar-refractivity contribution in [3.8, 4) is 27.5 Å². The lowest BCUT2D eigenvalue weighted by Gasteiger charge is -2.29. The van der Waals surface area contributed by atoms with E-state index < -0.39 is 11.7 Å². The second-order valence-electron chi connectivity index (χ2n) is 10.5. The standard InChI is InChI=1S/C32H30ClF3N4O2S/c1-4-20-7-10-23(33)16-27(20)40-28(15-19(2)3)24(30(41)39-13-11-37-12-14-39)17-25(31(40)42)29-38-26(18-43-29)21-5-8-22(9-6-21)32(34,35)36/h5-10,15-18,37H,4,11-14H2,1-3H3. The second-order valence-corrected chi connectivity index (χ2v) is 11.8. The summed E-state index contributed by atoms with van der Waals surface area (Å²) in [5.41, 5.74) is 3.14. The summed E-state index contributed by atoms with van der Waals surface area (Å²) in [7, 11) is 0. The number of carbonyl (C=O) groups excluding carboxylic acids is 1. The van der Waals surface area contributed by atoms with Crippen LogP contribution in [0.3, 0.4) is 0 Å². The third-order valence-corrected chi connectivity index (χ3v) is 8.32. The molecule has 0 spiro atoms. The number of thiazole rings is 1. The summed E-state index contributed by atoms with van der Waals surface area (Å²) in [5, 5.41) is 5.75. The molecule has 11 heteroatoms. The summed E-state index contributed by atoms with van der Waals surface area (Å²) in [6, 6.07) is 11.7. The summed E-state index contributed by atoms with van der Waals surface area (Å²) >= 11 is 7.62. The number of hydrogen-bond donors (Lipinski definition) is 1. The van der Waals surface area contributed by atoms with Gasteiger partial charge in [-0.15, -0.1) is 11.3 Å². The number of aromatic nitrogens is 2. The van der Waals surface area contributed by atoms with Gasteiger partial charge in [0.1, 0.15) is 5.01 Å². The molecule has 4 aromatic rings. The van der Waals surface area contributed by atoms with Crippen LogP contribution in [0.2, 0.25) is 5.02 Å². The average Bonchev–Trinajstić information content (AvgIpc) is 3.47. The van der Waals surface area contributed by atoms with Crippen molar-refractivity contribution in [1.82, 2.24) is 19.8 Å². The first-order valence-corrected chi connectivity index (χ1v) is 15.1. The van der Waals surface area contributed by atoms with Crippen LogP contribution < -0.4 is 10.9 Å². The number of allylic oxidation sites excluding steroid dienone is 1. The van der Waals surface area contributed by atoms with Crippen LogP contribution >= 0.6 is 22.9 Å². The topological polar surface area (TPSA) is 67.2 Å². The first-order valence-electron chi connectivity index (χ1n) is 13.8. The number of rotatable bonds is 6. The number of amides is 1. The number of aryl methyl sites for hydroxylation is 1. The predicted molar refractivity (Wildman–Crippen MR) is 166 cm³/mol. The monoisotopic (exact) mass is 626 g/mol. The number of benzene rings is 2. The number of piperazine rings is 1. The van der Waals surface area contributed by atoms with Crippen molar-refractivity contribution in [3.63, 3.8) is 0 Å². The van der Waals surface area contributed by atoms with E-state index in [1.54, 1.807) is 33.0 Å². The second kappa shape index (κ2) is 12.5. The van der Waals surface area contributed by atoms with Gasteiger partial charge in [-0.2, -0.15) is 13.2 Å². The molecular formula is C32H30ClF3N4O2S. The van der Waals surface area contributed by atoms with Crippen LogP contribution in [-0.4, -0.2) is 46.5 Å². The van der Waals surface area contributed by atoms with E-state index in [1.165, 1.54) is 23.5 Å². The highest BCUT2D eigenvalue weighted by molar-refractivity contribution is 7.13. The molecule has 0 radical (unpaired) electrons. The van der Waals surface area contributed by atoms with E-state index >= 15 is 0 Å². The third-order valence-electron chi connectivity index (χ3n) is 7.21. The first kappa shape index (κ1) is 30.7. The Balaban J connectivity index is 1.74. The normalized spacial score (nSPS) is 13.7. The molecular weight excluding hydrogens is 597 g/mol. The summed E-state index contributed by atoms with van der Waals surface area (Å²) in [4.78, 5) is 34.9. The Morgan fingerprint density at radius 1 is 1.09 bits per heavy atom. The smallest absolute Gasteiger partial charge is 0.336 e. The van der Waals surface area contributed by atoms with E-state index in [0.717, 1.165) is 23.3 Å². The number of nitrogens with zero attached hydrogens (tertiary/aromatic N) is 3. The Morgan fingerprint density at radius 3 is 2.42 bits per heavy atom. The number of nitrogens with one attached hydrogen (secondary N) is 1. The Bertz CT molecular complexity index is 1750. The molecule has 1 amide bonds. The lowest BCUT2D eigenvalue weighted by atomic mass is 10.0. The fraction of sp³-hybridized carbons (Fsp3) is 0.281. The highest BCUT2D eigenvalue weighted by Crippen LogP contribution is 2.34. The number of carbonyl (C=O) groups is 1. The summed E-state index contributed by atoms with van der Waals surface area (Å²) in [6.07, 6.45) is -2.00. The van der Waals surface area contributed by atoms with Crippen LogP contribution in [0.15, 0.2) is 64.3 Å². The lowest BCUT2D eigenvalue weighted by Crippen LogP contribution is -2.47. The number of halogens is 4. The van der Waals surface area contributed by atoms with Gasteiger partial charge in [0, 0.05) is 42.1 Å². The minimum absolute atomic E-state index is 0.205. The molecule has 0 saturated carbocycles. The Hall–Kier alpha value is -3.73. The van der Waals surface area contributed by atoms with Gasteiger partial charge in [0.25, 0.3) is 11.5 Å². The van der Waals surface area contributed by atoms with Crippen molar-refractivity contribution in [2.45, 2.75) is 33.4 Å². The van der Waals surface area contributed by atoms with E-state index in [0.29, 0.717) is 70.8 Å². The van der Waals surface area contributed by atoms with Crippen LogP contribution in [0.1, 0.15) is 48.0 Å². The molecule has 5 rings (SSSR count).